The van der Waals surface area contributed by atoms with Crippen LogP contribution in [0.3, 0.4) is 0 Å². The van der Waals surface area contributed by atoms with Gasteiger partial charge in [0.1, 0.15) is 17.4 Å². The minimum atomic E-state index is -0.0173. The van der Waals surface area contributed by atoms with Crippen LogP contribution in [0.15, 0.2) is 55.0 Å². The van der Waals surface area contributed by atoms with Gasteiger partial charge >= 0.3 is 0 Å². The van der Waals surface area contributed by atoms with Crippen LogP contribution in [0.25, 0.3) is 17.0 Å². The molecule has 4 heterocycles. The Morgan fingerprint density at radius 1 is 1.19 bits per heavy atom. The van der Waals surface area contributed by atoms with E-state index in [-0.39, 0.29) is 6.04 Å². The Morgan fingerprint density at radius 3 is 2.78 bits per heavy atom. The Kier molecular flexibility index (Phi) is 6.94. The Morgan fingerprint density at radius 2 is 2.03 bits per heavy atom. The van der Waals surface area contributed by atoms with E-state index in [9.17, 15) is 10.5 Å². The van der Waals surface area contributed by atoms with Gasteiger partial charge in [0.05, 0.1) is 29.7 Å². The summed E-state index contributed by atoms with van der Waals surface area (Å²) >= 11 is 0. The number of piperidine rings is 1. The second-order valence-corrected chi connectivity index (χ2v) is 9.52. The fourth-order valence-corrected chi connectivity index (χ4v) is 5.01. The number of imidazole rings is 1. The highest BCUT2D eigenvalue weighted by atomic mass is 16.5. The molecule has 0 amide bonds. The van der Waals surface area contributed by atoms with E-state index in [2.05, 4.69) is 65.5 Å². The summed E-state index contributed by atoms with van der Waals surface area (Å²) in [6, 6.07) is 14.9. The van der Waals surface area contributed by atoms with Gasteiger partial charge in [-0.1, -0.05) is 37.3 Å². The molecule has 1 aliphatic heterocycles. The van der Waals surface area contributed by atoms with Gasteiger partial charge in [0.15, 0.2) is 0 Å². The van der Waals surface area contributed by atoms with Gasteiger partial charge in [0.25, 0.3) is 0 Å². The van der Waals surface area contributed by atoms with Crippen molar-refractivity contribution in [2.75, 3.05) is 18.4 Å². The van der Waals surface area contributed by atoms with E-state index < -0.39 is 0 Å². The monoisotopic (exact) mass is 481 g/mol. The van der Waals surface area contributed by atoms with E-state index in [1.807, 2.05) is 16.7 Å². The number of nitrogens with zero attached hydrogens (tertiary/aromatic N) is 6. The van der Waals surface area contributed by atoms with Gasteiger partial charge in [-0.25, -0.2) is 15.0 Å². The maximum atomic E-state index is 9.79. The first-order chi connectivity index (χ1) is 17.6. The third-order valence-electron chi connectivity index (χ3n) is 7.00. The molecule has 2 atom stereocenters. The van der Waals surface area contributed by atoms with Crippen molar-refractivity contribution in [1.29, 1.82) is 5.26 Å². The van der Waals surface area contributed by atoms with E-state index >= 15 is 0 Å². The van der Waals surface area contributed by atoms with Crippen LogP contribution in [-0.2, 0) is 12.8 Å². The van der Waals surface area contributed by atoms with Crippen LogP contribution < -0.4 is 5.32 Å². The van der Waals surface area contributed by atoms with Crippen molar-refractivity contribution in [1.82, 2.24) is 24.4 Å². The largest absolute Gasteiger partial charge is 0.348 e. The molecule has 1 aromatic carbocycles. The zero-order chi connectivity index (χ0) is 25.1. The van der Waals surface area contributed by atoms with Gasteiger partial charge in [-0.2, -0.15) is 10.3 Å². The number of anilines is 1. The summed E-state index contributed by atoms with van der Waals surface area (Å²) in [5.74, 6) is 0.955. The third-order valence-corrected chi connectivity index (χ3v) is 7.00. The second kappa shape index (κ2) is 10.4. The number of nitrogens with one attached hydrogen (secondary N) is 1. The Bertz CT molecular complexity index is 1390. The normalized spacial score (nSPS) is 17.1. The van der Waals surface area contributed by atoms with Crippen molar-refractivity contribution in [3.05, 3.63) is 77.2 Å². The summed E-state index contributed by atoms with van der Waals surface area (Å²) in [5, 5.41) is 24.3. The molecular weight excluding hydrogens is 450 g/mol. The zero-order valence-electron chi connectivity index (χ0n) is 20.7. The summed E-state index contributed by atoms with van der Waals surface area (Å²) in [5.41, 5.74) is 6.16. The zero-order valence-corrected chi connectivity index (χ0v) is 20.7. The molecule has 8 nitrogen and oxygen atoms in total. The summed E-state index contributed by atoms with van der Waals surface area (Å²) in [4.78, 5) is 13.7. The first kappa shape index (κ1) is 23.9. The van der Waals surface area contributed by atoms with Crippen molar-refractivity contribution in [3.8, 4) is 17.5 Å². The van der Waals surface area contributed by atoms with Crippen LogP contribution >= 0.6 is 0 Å². The fraction of sp³-hybridized carbons (Fsp3) is 0.357. The minimum absolute atomic E-state index is 0.0173. The summed E-state index contributed by atoms with van der Waals surface area (Å²) < 4.78 is 1.98. The molecule has 0 saturated carbocycles. The predicted octanol–water partition coefficient (Wildman–Crippen LogP) is 5.04. The number of aryl methyl sites for hydroxylation is 1. The van der Waals surface area contributed by atoms with E-state index in [0.717, 1.165) is 61.2 Å². The molecule has 1 aliphatic rings. The lowest BCUT2D eigenvalue weighted by Crippen LogP contribution is -2.33. The van der Waals surface area contributed by atoms with Crippen molar-refractivity contribution in [2.45, 2.75) is 45.6 Å². The lowest BCUT2D eigenvalue weighted by Gasteiger charge is -2.28. The second-order valence-electron chi connectivity index (χ2n) is 9.52. The quantitative estimate of drug-likeness (QED) is 0.381. The molecule has 8 heteroatoms. The minimum Gasteiger partial charge on any atom is -0.348 e. The average molecular weight is 482 g/mol. The number of rotatable bonds is 7. The maximum Gasteiger partial charge on any atom is 0.223 e. The maximum absolute atomic E-state index is 9.79. The first-order valence-corrected chi connectivity index (χ1v) is 12.6. The standard InChI is InChI=1S/C28H31N7O/c1-3-22-7-5-13-35-25(17-30-27(22)35)26-24(15-29)16-31-28(33-26)32-19(2)23-10-8-20(9-11-23)14-21-6-4-12-34(36)18-21/h5,7-11,13,16-17,19,21,36H,3-4,6,12,14,18H2,1-2H3,(H,31,32,33)/t19-,21?/m0/s1. The van der Waals surface area contributed by atoms with Crippen molar-refractivity contribution in [3.63, 3.8) is 0 Å². The molecule has 3 aromatic heterocycles. The molecule has 0 aliphatic carbocycles. The third kappa shape index (κ3) is 4.94. The van der Waals surface area contributed by atoms with Crippen LogP contribution in [0.4, 0.5) is 5.95 Å². The number of hydrogen-bond acceptors (Lipinski definition) is 7. The SMILES string of the molecule is CCc1cccn2c(-c3nc(N[C@@H](C)c4ccc(CC5CCCN(O)C5)cc4)ncc3C#N)cnc12. The number of hydrogen-bond donors (Lipinski definition) is 2. The summed E-state index contributed by atoms with van der Waals surface area (Å²) in [7, 11) is 0. The number of benzene rings is 1. The van der Waals surface area contributed by atoms with Crippen LogP contribution in [0.1, 0.15) is 55.0 Å². The number of fused-ring (bicyclic) bond motifs is 1. The highest BCUT2D eigenvalue weighted by Crippen LogP contribution is 2.26. The van der Waals surface area contributed by atoms with E-state index in [0.29, 0.717) is 23.1 Å². The topological polar surface area (TPSA) is 102 Å². The lowest BCUT2D eigenvalue weighted by atomic mass is 9.91. The molecule has 2 N–H and O–H groups in total. The summed E-state index contributed by atoms with van der Waals surface area (Å²) in [6.07, 6.45) is 9.33. The van der Waals surface area contributed by atoms with Gasteiger partial charge in [-0.15, -0.1) is 0 Å². The molecule has 184 valence electrons. The number of aromatic nitrogens is 4. The average Bonchev–Trinajstić information content (AvgIpc) is 3.33. The van der Waals surface area contributed by atoms with Gasteiger partial charge in [0.2, 0.25) is 5.95 Å². The fourth-order valence-electron chi connectivity index (χ4n) is 5.01. The Labute approximate surface area is 211 Å². The molecule has 1 saturated heterocycles. The van der Waals surface area contributed by atoms with E-state index in [4.69, 9.17) is 4.98 Å². The first-order valence-electron chi connectivity index (χ1n) is 12.6. The Hall–Kier alpha value is -3.80. The highest BCUT2D eigenvalue weighted by molar-refractivity contribution is 5.68. The van der Waals surface area contributed by atoms with Crippen LogP contribution in [-0.4, -0.2) is 42.7 Å². The highest BCUT2D eigenvalue weighted by Gasteiger charge is 2.19. The molecule has 0 bridgehead atoms. The Balaban J connectivity index is 1.34. The van der Waals surface area contributed by atoms with E-state index in [1.165, 1.54) is 10.6 Å². The van der Waals surface area contributed by atoms with Crippen LogP contribution in [0, 0.1) is 17.2 Å². The van der Waals surface area contributed by atoms with E-state index in [1.54, 1.807) is 12.4 Å². The summed E-state index contributed by atoms with van der Waals surface area (Å²) in [6.45, 7) is 5.69. The van der Waals surface area contributed by atoms with Crippen LogP contribution in [0.2, 0.25) is 0 Å². The molecule has 1 unspecified atom stereocenters. The van der Waals surface area contributed by atoms with Gasteiger partial charge in [0, 0.05) is 19.3 Å². The van der Waals surface area contributed by atoms with Crippen molar-refractivity contribution >= 4 is 11.6 Å². The van der Waals surface area contributed by atoms with Crippen molar-refractivity contribution < 1.29 is 5.21 Å². The van der Waals surface area contributed by atoms with Crippen molar-refractivity contribution in [2.24, 2.45) is 5.92 Å². The number of nitriles is 1. The predicted molar refractivity (Wildman–Crippen MR) is 139 cm³/mol. The molecule has 4 aromatic rings. The molecule has 36 heavy (non-hydrogen) atoms. The van der Waals surface area contributed by atoms with Gasteiger partial charge in [-0.3, -0.25) is 4.40 Å². The molecule has 5 rings (SSSR count). The number of hydroxylamine groups is 2. The van der Waals surface area contributed by atoms with Crippen LogP contribution in [0.5, 0.6) is 0 Å². The smallest absolute Gasteiger partial charge is 0.223 e. The van der Waals surface area contributed by atoms with Gasteiger partial charge < -0.3 is 10.5 Å². The molecule has 1 fully saturated rings. The lowest BCUT2D eigenvalue weighted by molar-refractivity contribution is -0.117. The molecular formula is C28H31N7O. The van der Waals surface area contributed by atoms with Gasteiger partial charge in [-0.05, 0) is 61.3 Å². The molecule has 0 radical (unpaired) electrons. The number of pyridine rings is 1. The molecule has 0 spiro atoms.